The number of H-pyrrole nitrogens is 1. The summed E-state index contributed by atoms with van der Waals surface area (Å²) >= 11 is 0. The molecule has 0 aliphatic heterocycles. The molecule has 0 radical (unpaired) electrons. The fraction of sp³-hybridized carbons (Fsp3) is 0.407. The molecule has 8 heteroatoms. The third-order valence-corrected chi connectivity index (χ3v) is 6.29. The molecule has 0 unspecified atom stereocenters. The molecule has 0 bridgehead atoms. The van der Waals surface area contributed by atoms with Crippen molar-refractivity contribution in [2.45, 2.75) is 58.7 Å². The largest absolute Gasteiger partial charge is 0.497 e. The van der Waals surface area contributed by atoms with Gasteiger partial charge in [-0.25, -0.2) is 4.68 Å². The molecule has 2 heterocycles. The highest BCUT2D eigenvalue weighted by Gasteiger charge is 2.29. The number of hydrogen-bond acceptors (Lipinski definition) is 6. The normalized spacial score (nSPS) is 12.9. The smallest absolute Gasteiger partial charge is 0.252 e. The molecule has 0 aliphatic rings. The Morgan fingerprint density at radius 1 is 1.11 bits per heavy atom. The zero-order valence-corrected chi connectivity index (χ0v) is 21.2. The number of aromatic amines is 1. The van der Waals surface area contributed by atoms with E-state index in [0.29, 0.717) is 12.1 Å². The summed E-state index contributed by atoms with van der Waals surface area (Å²) in [5, 5.41) is 13.6. The lowest BCUT2D eigenvalue weighted by Crippen LogP contribution is -2.36. The van der Waals surface area contributed by atoms with E-state index in [1.807, 2.05) is 35.0 Å². The second-order valence-electron chi connectivity index (χ2n) is 9.83. The van der Waals surface area contributed by atoms with Gasteiger partial charge in [0.2, 0.25) is 0 Å². The number of aromatic nitrogens is 5. The zero-order valence-electron chi connectivity index (χ0n) is 21.2. The number of rotatable bonds is 9. The lowest BCUT2D eigenvalue weighted by Gasteiger charge is -2.32. The number of fused-ring (bicyclic) bond motifs is 1. The van der Waals surface area contributed by atoms with Gasteiger partial charge in [0.05, 0.1) is 18.7 Å². The first-order valence-electron chi connectivity index (χ1n) is 12.1. The Bertz CT molecular complexity index is 1320. The number of methoxy groups -OCH3 is 1. The van der Waals surface area contributed by atoms with E-state index in [0.717, 1.165) is 41.9 Å². The molecule has 0 aliphatic carbocycles. The maximum Gasteiger partial charge on any atom is 0.252 e. The molecular weight excluding hydrogens is 440 g/mol. The highest BCUT2D eigenvalue weighted by molar-refractivity contribution is 5.80. The number of pyridine rings is 1. The van der Waals surface area contributed by atoms with Crippen molar-refractivity contribution in [3.63, 3.8) is 0 Å². The van der Waals surface area contributed by atoms with Crippen LogP contribution in [-0.4, -0.2) is 43.7 Å². The van der Waals surface area contributed by atoms with E-state index in [-0.39, 0.29) is 17.1 Å². The molecule has 0 saturated heterocycles. The van der Waals surface area contributed by atoms with Gasteiger partial charge < -0.3 is 9.72 Å². The monoisotopic (exact) mass is 474 g/mol. The van der Waals surface area contributed by atoms with Crippen LogP contribution in [0, 0.1) is 0 Å². The van der Waals surface area contributed by atoms with Crippen molar-refractivity contribution >= 4 is 10.9 Å². The Balaban J connectivity index is 1.72. The van der Waals surface area contributed by atoms with Crippen LogP contribution in [0.1, 0.15) is 57.1 Å². The Morgan fingerprint density at radius 3 is 2.57 bits per heavy atom. The van der Waals surface area contributed by atoms with Crippen LogP contribution >= 0.6 is 0 Å². The van der Waals surface area contributed by atoms with Crippen molar-refractivity contribution in [2.24, 2.45) is 0 Å². The van der Waals surface area contributed by atoms with Gasteiger partial charge in [-0.1, -0.05) is 37.3 Å². The molecule has 2 aromatic carbocycles. The summed E-state index contributed by atoms with van der Waals surface area (Å²) in [6, 6.07) is 18.0. The van der Waals surface area contributed by atoms with Gasteiger partial charge in [0.1, 0.15) is 5.75 Å². The van der Waals surface area contributed by atoms with E-state index in [4.69, 9.17) is 4.74 Å². The molecule has 184 valence electrons. The third kappa shape index (κ3) is 5.59. The van der Waals surface area contributed by atoms with Gasteiger partial charge in [0.15, 0.2) is 5.82 Å². The van der Waals surface area contributed by atoms with Gasteiger partial charge >= 0.3 is 0 Å². The lowest BCUT2D eigenvalue weighted by molar-refractivity contribution is 0.163. The Labute approximate surface area is 205 Å². The average molecular weight is 475 g/mol. The summed E-state index contributed by atoms with van der Waals surface area (Å²) in [6.07, 6.45) is 1.66. The number of tetrazole rings is 1. The summed E-state index contributed by atoms with van der Waals surface area (Å²) in [5.41, 5.74) is 2.40. The van der Waals surface area contributed by atoms with Gasteiger partial charge in [-0.2, -0.15) is 0 Å². The highest BCUT2D eigenvalue weighted by atomic mass is 16.5. The fourth-order valence-corrected chi connectivity index (χ4v) is 4.44. The van der Waals surface area contributed by atoms with Crippen LogP contribution in [0.2, 0.25) is 0 Å². The van der Waals surface area contributed by atoms with Gasteiger partial charge in [-0.05, 0) is 73.9 Å². The number of benzene rings is 2. The molecule has 0 saturated carbocycles. The van der Waals surface area contributed by atoms with E-state index in [2.05, 4.69) is 77.4 Å². The van der Waals surface area contributed by atoms with Gasteiger partial charge in [0, 0.05) is 29.6 Å². The summed E-state index contributed by atoms with van der Waals surface area (Å²) in [6.45, 7) is 9.65. The second-order valence-corrected chi connectivity index (χ2v) is 9.83. The number of hydrogen-bond donors (Lipinski definition) is 1. The van der Waals surface area contributed by atoms with Crippen molar-refractivity contribution < 1.29 is 4.74 Å². The van der Waals surface area contributed by atoms with E-state index >= 15 is 0 Å². The van der Waals surface area contributed by atoms with Crippen LogP contribution in [0.5, 0.6) is 5.75 Å². The molecule has 8 nitrogen and oxygen atoms in total. The van der Waals surface area contributed by atoms with Crippen molar-refractivity contribution in [1.29, 1.82) is 0 Å². The van der Waals surface area contributed by atoms with E-state index in [1.165, 1.54) is 5.56 Å². The predicted molar refractivity (Wildman–Crippen MR) is 138 cm³/mol. The van der Waals surface area contributed by atoms with Crippen molar-refractivity contribution in [3.05, 3.63) is 81.9 Å². The molecular formula is C27H34N6O2. The van der Waals surface area contributed by atoms with Gasteiger partial charge in [-0.3, -0.25) is 9.69 Å². The van der Waals surface area contributed by atoms with Crippen LogP contribution in [0.4, 0.5) is 0 Å². The summed E-state index contributed by atoms with van der Waals surface area (Å²) < 4.78 is 7.28. The van der Waals surface area contributed by atoms with Crippen LogP contribution in [0.15, 0.2) is 59.4 Å². The van der Waals surface area contributed by atoms with Crippen LogP contribution in [0.3, 0.4) is 0 Å². The Hall–Kier alpha value is -3.52. The quantitative estimate of drug-likeness (QED) is 0.385. The standard InChI is InChI=1S/C27H34N6O2/c1-6-24(25-29-30-31-33(25)27(2,3)4)32(15-14-19-10-8-7-9-11-19)18-21-16-20-17-22(35-5)12-13-23(20)28-26(21)34/h7-13,16-17,24H,6,14-15,18H2,1-5H3,(H,28,34)/t24-/m1/s1. The minimum atomic E-state index is -0.256. The molecule has 1 atom stereocenters. The SMILES string of the molecule is CC[C@H](c1nnnn1C(C)(C)C)N(CCc1ccccc1)Cc1cc2cc(OC)ccc2[nH]c1=O. The molecule has 0 spiro atoms. The number of nitrogens with zero attached hydrogens (tertiary/aromatic N) is 5. The molecule has 2 aromatic heterocycles. The minimum Gasteiger partial charge on any atom is -0.497 e. The predicted octanol–water partition coefficient (Wildman–Crippen LogP) is 4.47. The van der Waals surface area contributed by atoms with Crippen LogP contribution in [0.25, 0.3) is 10.9 Å². The van der Waals surface area contributed by atoms with Crippen molar-refractivity contribution in [3.8, 4) is 5.75 Å². The van der Waals surface area contributed by atoms with Crippen LogP contribution < -0.4 is 10.3 Å². The average Bonchev–Trinajstić information content (AvgIpc) is 3.34. The molecule has 0 fully saturated rings. The first-order chi connectivity index (χ1) is 16.8. The number of nitrogens with one attached hydrogen (secondary N) is 1. The van der Waals surface area contributed by atoms with Crippen LogP contribution in [-0.2, 0) is 18.5 Å². The van der Waals surface area contributed by atoms with E-state index in [9.17, 15) is 4.79 Å². The highest BCUT2D eigenvalue weighted by Crippen LogP contribution is 2.28. The lowest BCUT2D eigenvalue weighted by atomic mass is 10.0. The molecule has 4 aromatic rings. The molecule has 35 heavy (non-hydrogen) atoms. The van der Waals surface area contributed by atoms with Crippen molar-refractivity contribution in [1.82, 2.24) is 30.1 Å². The van der Waals surface area contributed by atoms with Crippen molar-refractivity contribution in [2.75, 3.05) is 13.7 Å². The molecule has 4 rings (SSSR count). The molecule has 1 N–H and O–H groups in total. The minimum absolute atomic E-state index is 0.0478. The second kappa shape index (κ2) is 10.4. The van der Waals surface area contributed by atoms with E-state index in [1.54, 1.807) is 7.11 Å². The Kier molecular flexibility index (Phi) is 7.31. The maximum absolute atomic E-state index is 13.1. The first kappa shape index (κ1) is 24.6. The summed E-state index contributed by atoms with van der Waals surface area (Å²) in [4.78, 5) is 18.4. The van der Waals surface area contributed by atoms with Gasteiger partial charge in [0.25, 0.3) is 5.56 Å². The van der Waals surface area contributed by atoms with Gasteiger partial charge in [-0.15, -0.1) is 5.10 Å². The summed E-state index contributed by atoms with van der Waals surface area (Å²) in [7, 11) is 1.64. The zero-order chi connectivity index (χ0) is 25.0. The fourth-order valence-electron chi connectivity index (χ4n) is 4.44. The van der Waals surface area contributed by atoms with E-state index < -0.39 is 0 Å². The number of ether oxygens (including phenoxy) is 1. The topological polar surface area (TPSA) is 88.9 Å². The molecule has 0 amide bonds. The first-order valence-corrected chi connectivity index (χ1v) is 12.1. The Morgan fingerprint density at radius 2 is 1.89 bits per heavy atom. The summed E-state index contributed by atoms with van der Waals surface area (Å²) in [5.74, 6) is 1.57. The third-order valence-electron chi connectivity index (χ3n) is 6.29. The maximum atomic E-state index is 13.1.